The zero-order chi connectivity index (χ0) is 14.5. The molecule has 3 N–H and O–H groups in total. The van der Waals surface area contributed by atoms with Crippen molar-refractivity contribution < 1.29 is 9.72 Å². The number of nitrogens with zero attached hydrogens (tertiary/aromatic N) is 3. The van der Waals surface area contributed by atoms with E-state index in [4.69, 9.17) is 5.73 Å². The van der Waals surface area contributed by atoms with Gasteiger partial charge in [-0.15, -0.1) is 0 Å². The molecule has 0 aliphatic carbocycles. The molecule has 0 saturated carbocycles. The molecule has 0 aromatic carbocycles. The molecule has 0 spiro atoms. The smallest absolute Gasteiger partial charge is 0.288 e. The number of aromatic nitrogens is 2. The van der Waals surface area contributed by atoms with Crippen LogP contribution in [0, 0.1) is 10.1 Å². The first-order chi connectivity index (χ1) is 9.58. The van der Waals surface area contributed by atoms with E-state index >= 15 is 0 Å². The van der Waals surface area contributed by atoms with E-state index in [1.807, 2.05) is 0 Å². The second-order valence-corrected chi connectivity index (χ2v) is 3.93. The second-order valence-electron chi connectivity index (χ2n) is 3.93. The van der Waals surface area contributed by atoms with E-state index in [0.717, 1.165) is 17.8 Å². The summed E-state index contributed by atoms with van der Waals surface area (Å²) in [6.07, 6.45) is 4.23. The number of nitrogens with one attached hydrogen (secondary N) is 1. The number of hydrogen-bond donors (Lipinski definition) is 2. The van der Waals surface area contributed by atoms with Crippen LogP contribution in [0.15, 0.2) is 36.8 Å². The summed E-state index contributed by atoms with van der Waals surface area (Å²) >= 11 is 0. The van der Waals surface area contributed by atoms with Gasteiger partial charge in [0.25, 0.3) is 11.6 Å². The number of amides is 1. The van der Waals surface area contributed by atoms with Crippen LogP contribution in [0.25, 0.3) is 0 Å². The van der Waals surface area contributed by atoms with E-state index in [2.05, 4.69) is 15.3 Å². The molecule has 0 radical (unpaired) electrons. The lowest BCUT2D eigenvalue weighted by Gasteiger charge is -2.06. The zero-order valence-corrected chi connectivity index (χ0v) is 10.3. The van der Waals surface area contributed by atoms with E-state index in [1.165, 1.54) is 0 Å². The van der Waals surface area contributed by atoms with Gasteiger partial charge in [0.15, 0.2) is 0 Å². The van der Waals surface area contributed by atoms with Crippen molar-refractivity contribution in [2.24, 2.45) is 0 Å². The molecule has 2 aromatic rings. The predicted octanol–water partition coefficient (Wildman–Crippen LogP) is 0.897. The molecule has 8 nitrogen and oxygen atoms in total. The number of nitrogen functional groups attached to an aromatic ring is 1. The first-order valence-electron chi connectivity index (χ1n) is 5.65. The maximum Gasteiger partial charge on any atom is 0.288 e. The number of rotatable bonds is 4. The second kappa shape index (κ2) is 5.74. The lowest BCUT2D eigenvalue weighted by Crippen LogP contribution is -2.24. The fourth-order valence-corrected chi connectivity index (χ4v) is 1.53. The molecule has 8 heteroatoms. The first-order valence-corrected chi connectivity index (χ1v) is 5.65. The predicted molar refractivity (Wildman–Crippen MR) is 70.7 cm³/mol. The molecule has 2 heterocycles. The molecule has 0 aliphatic rings. The third-order valence-electron chi connectivity index (χ3n) is 2.54. The van der Waals surface area contributed by atoms with Crippen molar-refractivity contribution in [3.8, 4) is 0 Å². The SMILES string of the molecule is Nc1ncc([N+](=O)[O-])cc1C(=O)NCc1cccnc1. The van der Waals surface area contributed by atoms with Crippen LogP contribution in [-0.2, 0) is 6.54 Å². The maximum absolute atomic E-state index is 11.9. The summed E-state index contributed by atoms with van der Waals surface area (Å²) in [7, 11) is 0. The highest BCUT2D eigenvalue weighted by atomic mass is 16.6. The van der Waals surface area contributed by atoms with E-state index < -0.39 is 10.8 Å². The summed E-state index contributed by atoms with van der Waals surface area (Å²) in [6.45, 7) is 0.245. The third-order valence-corrected chi connectivity index (χ3v) is 2.54. The number of nitro groups is 1. The molecule has 2 rings (SSSR count). The number of carbonyl (C=O) groups excluding carboxylic acids is 1. The highest BCUT2D eigenvalue weighted by molar-refractivity contribution is 5.98. The van der Waals surface area contributed by atoms with Crippen LogP contribution < -0.4 is 11.1 Å². The van der Waals surface area contributed by atoms with Crippen LogP contribution in [0.1, 0.15) is 15.9 Å². The molecule has 0 atom stereocenters. The Labute approximate surface area is 113 Å². The van der Waals surface area contributed by atoms with Crippen molar-refractivity contribution in [1.29, 1.82) is 0 Å². The van der Waals surface area contributed by atoms with Crippen LogP contribution in [0.3, 0.4) is 0 Å². The monoisotopic (exact) mass is 273 g/mol. The minimum absolute atomic E-state index is 0.0249. The fraction of sp³-hybridized carbons (Fsp3) is 0.0833. The Morgan fingerprint density at radius 2 is 2.25 bits per heavy atom. The molecule has 20 heavy (non-hydrogen) atoms. The third kappa shape index (κ3) is 3.05. The van der Waals surface area contributed by atoms with E-state index in [9.17, 15) is 14.9 Å². The molecule has 0 fully saturated rings. The van der Waals surface area contributed by atoms with Gasteiger partial charge in [-0.2, -0.15) is 0 Å². The molecular formula is C12H11N5O3. The van der Waals surface area contributed by atoms with Crippen LogP contribution in [0.2, 0.25) is 0 Å². The van der Waals surface area contributed by atoms with Crippen molar-refractivity contribution in [2.75, 3.05) is 5.73 Å². The molecular weight excluding hydrogens is 262 g/mol. The largest absolute Gasteiger partial charge is 0.383 e. The van der Waals surface area contributed by atoms with Gasteiger partial charge in [-0.1, -0.05) is 6.07 Å². The van der Waals surface area contributed by atoms with Gasteiger partial charge >= 0.3 is 0 Å². The van der Waals surface area contributed by atoms with Gasteiger partial charge in [0.2, 0.25) is 0 Å². The summed E-state index contributed by atoms with van der Waals surface area (Å²) in [5.41, 5.74) is 6.04. The first kappa shape index (κ1) is 13.4. The summed E-state index contributed by atoms with van der Waals surface area (Å²) in [4.78, 5) is 29.5. The lowest BCUT2D eigenvalue weighted by atomic mass is 10.2. The molecule has 0 bridgehead atoms. The summed E-state index contributed by atoms with van der Waals surface area (Å²) in [6, 6.07) is 4.63. The Morgan fingerprint density at radius 1 is 1.45 bits per heavy atom. The minimum atomic E-state index is -0.635. The summed E-state index contributed by atoms with van der Waals surface area (Å²) in [5.74, 6) is -0.582. The Bertz CT molecular complexity index is 645. The van der Waals surface area contributed by atoms with Gasteiger partial charge in [0, 0.05) is 25.0 Å². The number of hydrogen-bond acceptors (Lipinski definition) is 6. The van der Waals surface area contributed by atoms with E-state index in [1.54, 1.807) is 24.5 Å². The van der Waals surface area contributed by atoms with Gasteiger partial charge in [-0.05, 0) is 11.6 Å². The molecule has 0 unspecified atom stereocenters. The number of nitrogens with two attached hydrogens (primary N) is 1. The Morgan fingerprint density at radius 3 is 2.90 bits per heavy atom. The minimum Gasteiger partial charge on any atom is -0.383 e. The number of anilines is 1. The Balaban J connectivity index is 2.13. The normalized spacial score (nSPS) is 10.0. The van der Waals surface area contributed by atoms with Crippen molar-refractivity contribution in [2.45, 2.75) is 6.54 Å². The topological polar surface area (TPSA) is 124 Å². The van der Waals surface area contributed by atoms with Gasteiger partial charge < -0.3 is 11.1 Å². The maximum atomic E-state index is 11.9. The van der Waals surface area contributed by atoms with Crippen molar-refractivity contribution in [1.82, 2.24) is 15.3 Å². The molecule has 0 saturated heterocycles. The summed E-state index contributed by atoms with van der Waals surface area (Å²) < 4.78 is 0. The van der Waals surface area contributed by atoms with Crippen molar-refractivity contribution in [3.05, 3.63) is 58.0 Å². The standard InChI is InChI=1S/C12H11N5O3/c13-11-10(4-9(7-15-11)17(19)20)12(18)16-6-8-2-1-3-14-5-8/h1-5,7H,6H2,(H2,13,15)(H,16,18). The van der Waals surface area contributed by atoms with E-state index in [0.29, 0.717) is 0 Å². The van der Waals surface area contributed by atoms with Crippen molar-refractivity contribution >= 4 is 17.4 Å². The molecule has 1 amide bonds. The van der Waals surface area contributed by atoms with Crippen LogP contribution >= 0.6 is 0 Å². The summed E-state index contributed by atoms with van der Waals surface area (Å²) in [5, 5.41) is 13.3. The molecule has 0 aliphatic heterocycles. The fourth-order valence-electron chi connectivity index (χ4n) is 1.53. The highest BCUT2D eigenvalue weighted by Gasteiger charge is 2.16. The average molecular weight is 273 g/mol. The Kier molecular flexibility index (Phi) is 3.85. The van der Waals surface area contributed by atoms with Gasteiger partial charge in [0.1, 0.15) is 12.0 Å². The average Bonchev–Trinajstić information content (AvgIpc) is 2.46. The quantitative estimate of drug-likeness (QED) is 0.629. The van der Waals surface area contributed by atoms with Gasteiger partial charge in [-0.25, -0.2) is 4.98 Å². The Hall–Kier alpha value is -3.03. The van der Waals surface area contributed by atoms with Crippen LogP contribution in [0.4, 0.5) is 11.5 Å². The van der Waals surface area contributed by atoms with Crippen molar-refractivity contribution in [3.63, 3.8) is 0 Å². The highest BCUT2D eigenvalue weighted by Crippen LogP contribution is 2.16. The van der Waals surface area contributed by atoms with Crippen LogP contribution in [-0.4, -0.2) is 20.8 Å². The molecule has 2 aromatic heterocycles. The molecule has 102 valence electrons. The number of pyridine rings is 2. The number of carbonyl (C=O) groups is 1. The van der Waals surface area contributed by atoms with Crippen LogP contribution in [0.5, 0.6) is 0 Å². The van der Waals surface area contributed by atoms with E-state index in [-0.39, 0.29) is 23.6 Å². The zero-order valence-electron chi connectivity index (χ0n) is 10.3. The lowest BCUT2D eigenvalue weighted by molar-refractivity contribution is -0.385. The van der Waals surface area contributed by atoms with Gasteiger partial charge in [-0.3, -0.25) is 19.9 Å². The van der Waals surface area contributed by atoms with Gasteiger partial charge in [0.05, 0.1) is 10.5 Å².